The van der Waals surface area contributed by atoms with E-state index in [1.807, 2.05) is 24.3 Å². The highest BCUT2D eigenvalue weighted by atomic mass is 35.5. The zero-order valence-electron chi connectivity index (χ0n) is 13.1. The lowest BCUT2D eigenvalue weighted by Gasteiger charge is -2.16. The van der Waals surface area contributed by atoms with Gasteiger partial charge >= 0.3 is 6.03 Å². The minimum atomic E-state index is -0.306. The molecule has 2 aromatic rings. The van der Waals surface area contributed by atoms with Crippen molar-refractivity contribution in [1.82, 2.24) is 5.32 Å². The van der Waals surface area contributed by atoms with Crippen molar-refractivity contribution in [1.29, 1.82) is 0 Å². The third kappa shape index (κ3) is 4.06. The molecule has 1 heterocycles. The van der Waals surface area contributed by atoms with Gasteiger partial charge in [-0.2, -0.15) is 0 Å². The number of hydrogen-bond acceptors (Lipinski definition) is 2. The fourth-order valence-electron chi connectivity index (χ4n) is 2.68. The lowest BCUT2D eigenvalue weighted by molar-refractivity contribution is -0.117. The van der Waals surface area contributed by atoms with Crippen LogP contribution in [0.25, 0.3) is 0 Å². The quantitative estimate of drug-likeness (QED) is 0.887. The van der Waals surface area contributed by atoms with Gasteiger partial charge in [0.25, 0.3) is 0 Å². The van der Waals surface area contributed by atoms with Gasteiger partial charge in [0.2, 0.25) is 5.91 Å². The molecular formula is C18H18ClN3O2. The zero-order chi connectivity index (χ0) is 16.9. The molecule has 6 heteroatoms. The van der Waals surface area contributed by atoms with Crippen LogP contribution in [0.2, 0.25) is 5.02 Å². The van der Waals surface area contributed by atoms with E-state index in [2.05, 4.69) is 10.6 Å². The van der Waals surface area contributed by atoms with Crippen LogP contribution in [0.5, 0.6) is 0 Å². The topological polar surface area (TPSA) is 61.4 Å². The molecule has 1 saturated heterocycles. The molecule has 1 fully saturated rings. The predicted molar refractivity (Wildman–Crippen MR) is 95.3 cm³/mol. The fourth-order valence-corrected chi connectivity index (χ4v) is 2.87. The minimum Gasteiger partial charge on any atom is -0.334 e. The molecule has 0 aliphatic carbocycles. The van der Waals surface area contributed by atoms with Crippen molar-refractivity contribution in [3.8, 4) is 0 Å². The SMILES string of the molecule is O=C(NCc1cccc(N2CCCC2=O)c1)Nc1cccc(Cl)c1. The van der Waals surface area contributed by atoms with Gasteiger partial charge in [-0.05, 0) is 42.3 Å². The first-order valence-corrected chi connectivity index (χ1v) is 8.19. The molecule has 0 aromatic heterocycles. The van der Waals surface area contributed by atoms with Crippen molar-refractivity contribution in [2.45, 2.75) is 19.4 Å². The first-order chi connectivity index (χ1) is 11.6. The van der Waals surface area contributed by atoms with Crippen molar-refractivity contribution in [3.05, 3.63) is 59.1 Å². The molecule has 0 saturated carbocycles. The first kappa shape index (κ1) is 16.3. The maximum absolute atomic E-state index is 12.0. The first-order valence-electron chi connectivity index (χ1n) is 7.81. The Bertz CT molecular complexity index is 763. The molecule has 1 aliphatic heterocycles. The van der Waals surface area contributed by atoms with Crippen LogP contribution in [-0.2, 0) is 11.3 Å². The van der Waals surface area contributed by atoms with E-state index in [-0.39, 0.29) is 11.9 Å². The van der Waals surface area contributed by atoms with Crippen LogP contribution in [0.1, 0.15) is 18.4 Å². The summed E-state index contributed by atoms with van der Waals surface area (Å²) in [6.07, 6.45) is 1.49. The second-order valence-corrected chi connectivity index (χ2v) is 6.07. The summed E-state index contributed by atoms with van der Waals surface area (Å²) in [6.45, 7) is 1.13. The van der Waals surface area contributed by atoms with Gasteiger partial charge in [0.1, 0.15) is 0 Å². The Kier molecular flexibility index (Phi) is 5.01. The number of rotatable bonds is 4. The molecule has 2 N–H and O–H groups in total. The number of halogens is 1. The van der Waals surface area contributed by atoms with E-state index in [0.29, 0.717) is 23.7 Å². The van der Waals surface area contributed by atoms with Crippen LogP contribution in [0.4, 0.5) is 16.2 Å². The van der Waals surface area contributed by atoms with E-state index in [4.69, 9.17) is 11.6 Å². The van der Waals surface area contributed by atoms with E-state index >= 15 is 0 Å². The van der Waals surface area contributed by atoms with Crippen LogP contribution in [0, 0.1) is 0 Å². The fraction of sp³-hybridized carbons (Fsp3) is 0.222. The second-order valence-electron chi connectivity index (χ2n) is 5.64. The molecular weight excluding hydrogens is 326 g/mol. The van der Waals surface area contributed by atoms with Gasteiger partial charge in [-0.3, -0.25) is 4.79 Å². The Morgan fingerprint density at radius 3 is 2.75 bits per heavy atom. The van der Waals surface area contributed by atoms with Gasteiger partial charge < -0.3 is 15.5 Å². The molecule has 3 amide bonds. The number of carbonyl (C=O) groups is 2. The predicted octanol–water partition coefficient (Wildman–Crippen LogP) is 3.79. The van der Waals surface area contributed by atoms with E-state index in [9.17, 15) is 9.59 Å². The summed E-state index contributed by atoms with van der Waals surface area (Å²) in [5.74, 6) is 0.152. The van der Waals surface area contributed by atoms with E-state index < -0.39 is 0 Å². The average Bonchev–Trinajstić information content (AvgIpc) is 2.99. The normalized spacial score (nSPS) is 13.9. The van der Waals surface area contributed by atoms with Gasteiger partial charge in [-0.1, -0.05) is 29.8 Å². The maximum atomic E-state index is 12.0. The summed E-state index contributed by atoms with van der Waals surface area (Å²) in [7, 11) is 0. The summed E-state index contributed by atoms with van der Waals surface area (Å²) < 4.78 is 0. The third-order valence-electron chi connectivity index (χ3n) is 3.83. The Labute approximate surface area is 145 Å². The molecule has 1 aliphatic rings. The summed E-state index contributed by atoms with van der Waals surface area (Å²) >= 11 is 5.89. The van der Waals surface area contributed by atoms with Crippen molar-refractivity contribution in [2.24, 2.45) is 0 Å². The van der Waals surface area contributed by atoms with Gasteiger partial charge in [0.15, 0.2) is 0 Å². The monoisotopic (exact) mass is 343 g/mol. The smallest absolute Gasteiger partial charge is 0.319 e. The molecule has 0 bridgehead atoms. The number of anilines is 2. The summed E-state index contributed by atoms with van der Waals surface area (Å²) in [6, 6.07) is 14.3. The Balaban J connectivity index is 1.58. The highest BCUT2D eigenvalue weighted by molar-refractivity contribution is 6.30. The molecule has 5 nitrogen and oxygen atoms in total. The lowest BCUT2D eigenvalue weighted by atomic mass is 10.2. The van der Waals surface area contributed by atoms with Crippen molar-refractivity contribution >= 4 is 34.9 Å². The number of benzene rings is 2. The van der Waals surface area contributed by atoms with E-state index in [0.717, 1.165) is 24.2 Å². The molecule has 0 radical (unpaired) electrons. The van der Waals surface area contributed by atoms with Crippen molar-refractivity contribution in [2.75, 3.05) is 16.8 Å². The number of hydrogen-bond donors (Lipinski definition) is 2. The molecule has 2 aromatic carbocycles. The number of urea groups is 1. The van der Waals surface area contributed by atoms with Crippen molar-refractivity contribution in [3.63, 3.8) is 0 Å². The second kappa shape index (κ2) is 7.36. The van der Waals surface area contributed by atoms with Gasteiger partial charge in [0, 0.05) is 35.9 Å². The van der Waals surface area contributed by atoms with Crippen LogP contribution < -0.4 is 15.5 Å². The van der Waals surface area contributed by atoms with E-state index in [1.165, 1.54) is 0 Å². The molecule has 3 rings (SSSR count). The lowest BCUT2D eigenvalue weighted by Crippen LogP contribution is -2.28. The summed E-state index contributed by atoms with van der Waals surface area (Å²) in [4.78, 5) is 25.6. The Morgan fingerprint density at radius 2 is 2.00 bits per heavy atom. The molecule has 0 unspecified atom stereocenters. The third-order valence-corrected chi connectivity index (χ3v) is 4.07. The van der Waals surface area contributed by atoms with Crippen molar-refractivity contribution < 1.29 is 9.59 Å². The maximum Gasteiger partial charge on any atom is 0.319 e. The van der Waals surface area contributed by atoms with Crippen LogP contribution in [-0.4, -0.2) is 18.5 Å². The number of nitrogens with one attached hydrogen (secondary N) is 2. The standard InChI is InChI=1S/C18H18ClN3O2/c19-14-5-2-6-15(11-14)21-18(24)20-12-13-4-1-7-16(10-13)22-9-3-8-17(22)23/h1-2,4-7,10-11H,3,8-9,12H2,(H2,20,21,24). The van der Waals surface area contributed by atoms with Gasteiger partial charge in [-0.15, -0.1) is 0 Å². The molecule has 0 atom stereocenters. The Morgan fingerprint density at radius 1 is 1.17 bits per heavy atom. The molecule has 0 spiro atoms. The highest BCUT2D eigenvalue weighted by Gasteiger charge is 2.21. The number of amides is 3. The minimum absolute atomic E-state index is 0.152. The average molecular weight is 344 g/mol. The summed E-state index contributed by atoms with van der Waals surface area (Å²) in [5, 5.41) is 6.10. The largest absolute Gasteiger partial charge is 0.334 e. The van der Waals surface area contributed by atoms with Gasteiger partial charge in [0.05, 0.1) is 0 Å². The molecule has 124 valence electrons. The Hall–Kier alpha value is -2.53. The van der Waals surface area contributed by atoms with E-state index in [1.54, 1.807) is 29.2 Å². The number of nitrogens with zero attached hydrogens (tertiary/aromatic N) is 1. The van der Waals surface area contributed by atoms with Crippen LogP contribution >= 0.6 is 11.6 Å². The van der Waals surface area contributed by atoms with Crippen LogP contribution in [0.3, 0.4) is 0 Å². The van der Waals surface area contributed by atoms with Gasteiger partial charge in [-0.25, -0.2) is 4.79 Å². The van der Waals surface area contributed by atoms with Crippen LogP contribution in [0.15, 0.2) is 48.5 Å². The zero-order valence-corrected chi connectivity index (χ0v) is 13.8. The number of carbonyl (C=O) groups excluding carboxylic acids is 2. The summed E-state index contributed by atoms with van der Waals surface area (Å²) in [5.41, 5.74) is 2.46. The highest BCUT2D eigenvalue weighted by Crippen LogP contribution is 2.22. The molecule has 24 heavy (non-hydrogen) atoms.